The summed E-state index contributed by atoms with van der Waals surface area (Å²) in [6.07, 6.45) is -5.27. The molecule has 0 amide bonds. The van der Waals surface area contributed by atoms with Crippen LogP contribution in [0.5, 0.6) is 5.75 Å². The summed E-state index contributed by atoms with van der Waals surface area (Å²) in [5, 5.41) is 8.71. The average Bonchev–Trinajstić information content (AvgIpc) is 2.40. The number of ether oxygens (including phenoxy) is 1. The van der Waals surface area contributed by atoms with Gasteiger partial charge in [-0.1, -0.05) is 30.3 Å². The largest absolute Gasteiger partial charge is 0.573 e. The molecule has 0 heterocycles. The molecule has 2 rings (SSSR count). The second-order valence-corrected chi connectivity index (χ2v) is 4.42. The molecule has 0 saturated heterocycles. The first-order valence-corrected chi connectivity index (χ1v) is 6.11. The molecule has 7 heteroatoms. The van der Waals surface area contributed by atoms with Gasteiger partial charge >= 0.3 is 12.3 Å². The zero-order chi connectivity index (χ0) is 16.3. The van der Waals surface area contributed by atoms with Crippen LogP contribution in [0, 0.1) is 5.82 Å². The number of carboxylic acids is 1. The Labute approximate surface area is 122 Å². The van der Waals surface area contributed by atoms with E-state index in [1.54, 1.807) is 0 Å². The number of rotatable bonds is 4. The van der Waals surface area contributed by atoms with Crippen LogP contribution in [0.15, 0.2) is 42.5 Å². The fraction of sp³-hybridized carbons (Fsp3) is 0.133. The van der Waals surface area contributed by atoms with E-state index in [4.69, 9.17) is 5.11 Å². The Hall–Kier alpha value is -2.57. The SMILES string of the molecule is O=C(O)Cc1cccc(-c2ccc(OC(F)(F)F)cc2)c1F. The third-order valence-corrected chi connectivity index (χ3v) is 2.82. The van der Waals surface area contributed by atoms with Crippen molar-refractivity contribution >= 4 is 5.97 Å². The van der Waals surface area contributed by atoms with Gasteiger partial charge in [0.2, 0.25) is 0 Å². The Balaban J connectivity index is 2.30. The minimum atomic E-state index is -4.80. The van der Waals surface area contributed by atoms with Crippen molar-refractivity contribution in [2.24, 2.45) is 0 Å². The van der Waals surface area contributed by atoms with Crippen molar-refractivity contribution in [3.8, 4) is 16.9 Å². The first-order valence-electron chi connectivity index (χ1n) is 6.11. The maximum absolute atomic E-state index is 14.2. The van der Waals surface area contributed by atoms with E-state index in [-0.39, 0.29) is 11.1 Å². The molecule has 0 aliphatic carbocycles. The van der Waals surface area contributed by atoms with Gasteiger partial charge in [-0.15, -0.1) is 13.2 Å². The van der Waals surface area contributed by atoms with Crippen LogP contribution in [0.3, 0.4) is 0 Å². The van der Waals surface area contributed by atoms with Crippen LogP contribution < -0.4 is 4.74 Å². The molecule has 2 aromatic rings. The van der Waals surface area contributed by atoms with Gasteiger partial charge < -0.3 is 9.84 Å². The molecule has 0 radical (unpaired) electrons. The number of hydrogen-bond donors (Lipinski definition) is 1. The molecule has 0 saturated carbocycles. The minimum absolute atomic E-state index is 0.000572. The van der Waals surface area contributed by atoms with Crippen LogP contribution in [0.2, 0.25) is 0 Å². The number of aliphatic carboxylic acids is 1. The zero-order valence-corrected chi connectivity index (χ0v) is 11.0. The van der Waals surface area contributed by atoms with Gasteiger partial charge in [0.25, 0.3) is 0 Å². The lowest BCUT2D eigenvalue weighted by atomic mass is 10.0. The van der Waals surface area contributed by atoms with E-state index < -0.39 is 30.3 Å². The van der Waals surface area contributed by atoms with E-state index in [0.29, 0.717) is 5.56 Å². The number of halogens is 4. The Morgan fingerprint density at radius 2 is 1.73 bits per heavy atom. The third kappa shape index (κ3) is 3.97. The second-order valence-electron chi connectivity index (χ2n) is 4.42. The standard InChI is InChI=1S/C15H10F4O3/c16-14-10(8-13(20)21)2-1-3-12(14)9-4-6-11(7-5-9)22-15(17,18)19/h1-7H,8H2,(H,20,21). The summed E-state index contributed by atoms with van der Waals surface area (Å²) in [5.74, 6) is -2.31. The number of carbonyl (C=O) groups is 1. The van der Waals surface area contributed by atoms with Gasteiger partial charge in [-0.25, -0.2) is 4.39 Å². The lowest BCUT2D eigenvalue weighted by Gasteiger charge is -2.10. The molecule has 0 fully saturated rings. The summed E-state index contributed by atoms with van der Waals surface area (Å²) in [6.45, 7) is 0. The Morgan fingerprint density at radius 1 is 1.09 bits per heavy atom. The van der Waals surface area contributed by atoms with Gasteiger partial charge in [-0.05, 0) is 23.3 Å². The topological polar surface area (TPSA) is 46.5 Å². The first kappa shape index (κ1) is 15.8. The van der Waals surface area contributed by atoms with E-state index in [0.717, 1.165) is 12.1 Å². The Bertz CT molecular complexity index is 678. The number of hydrogen-bond acceptors (Lipinski definition) is 2. The molecular weight excluding hydrogens is 304 g/mol. The van der Waals surface area contributed by atoms with Crippen LogP contribution in [0.1, 0.15) is 5.56 Å². The number of alkyl halides is 3. The van der Waals surface area contributed by atoms with Gasteiger partial charge in [0.15, 0.2) is 0 Å². The van der Waals surface area contributed by atoms with Crippen LogP contribution in [0.4, 0.5) is 17.6 Å². The number of carboxylic acid groups (broad SMARTS) is 1. The maximum atomic E-state index is 14.2. The molecule has 0 bridgehead atoms. The average molecular weight is 314 g/mol. The normalized spacial score (nSPS) is 11.3. The fourth-order valence-corrected chi connectivity index (χ4v) is 1.94. The van der Waals surface area contributed by atoms with Gasteiger partial charge in [-0.3, -0.25) is 4.79 Å². The summed E-state index contributed by atoms with van der Waals surface area (Å²) in [5.41, 5.74) is 0.428. The van der Waals surface area contributed by atoms with Crippen molar-refractivity contribution in [1.29, 1.82) is 0 Å². The van der Waals surface area contributed by atoms with Crippen molar-refractivity contribution in [2.75, 3.05) is 0 Å². The third-order valence-electron chi connectivity index (χ3n) is 2.82. The van der Waals surface area contributed by atoms with Gasteiger partial charge in [0, 0.05) is 5.56 Å². The molecule has 3 nitrogen and oxygen atoms in total. The summed E-state index contributed by atoms with van der Waals surface area (Å²) < 4.78 is 54.1. The fourth-order valence-electron chi connectivity index (χ4n) is 1.94. The summed E-state index contributed by atoms with van der Waals surface area (Å²) >= 11 is 0. The quantitative estimate of drug-likeness (QED) is 0.867. The van der Waals surface area contributed by atoms with Gasteiger partial charge in [-0.2, -0.15) is 0 Å². The molecule has 0 atom stereocenters. The van der Waals surface area contributed by atoms with Crippen molar-refractivity contribution in [2.45, 2.75) is 12.8 Å². The summed E-state index contributed by atoms with van der Waals surface area (Å²) in [6, 6.07) is 8.90. The molecule has 1 N–H and O–H groups in total. The van der Waals surface area contributed by atoms with E-state index in [2.05, 4.69) is 4.74 Å². The molecule has 0 unspecified atom stereocenters. The predicted molar refractivity (Wildman–Crippen MR) is 69.9 cm³/mol. The van der Waals surface area contributed by atoms with Crippen LogP contribution in [0.25, 0.3) is 11.1 Å². The minimum Gasteiger partial charge on any atom is -0.481 e. The second kappa shape index (κ2) is 6.05. The highest BCUT2D eigenvalue weighted by atomic mass is 19.4. The van der Waals surface area contributed by atoms with E-state index in [9.17, 15) is 22.4 Å². The van der Waals surface area contributed by atoms with Gasteiger partial charge in [0.1, 0.15) is 11.6 Å². The Kier molecular flexibility index (Phi) is 4.35. The van der Waals surface area contributed by atoms with Crippen LogP contribution in [-0.4, -0.2) is 17.4 Å². The van der Waals surface area contributed by atoms with Crippen LogP contribution in [-0.2, 0) is 11.2 Å². The van der Waals surface area contributed by atoms with Gasteiger partial charge in [0.05, 0.1) is 6.42 Å². The lowest BCUT2D eigenvalue weighted by Crippen LogP contribution is -2.16. The monoisotopic (exact) mass is 314 g/mol. The molecule has 0 aliphatic rings. The van der Waals surface area contributed by atoms with Crippen LogP contribution >= 0.6 is 0 Å². The van der Waals surface area contributed by atoms with E-state index in [1.807, 2.05) is 0 Å². The van der Waals surface area contributed by atoms with Crippen molar-refractivity contribution in [1.82, 2.24) is 0 Å². The smallest absolute Gasteiger partial charge is 0.481 e. The first-order chi connectivity index (χ1) is 10.3. The molecule has 2 aromatic carbocycles. The molecule has 0 aromatic heterocycles. The molecule has 22 heavy (non-hydrogen) atoms. The van der Waals surface area contributed by atoms with Crippen molar-refractivity contribution in [3.63, 3.8) is 0 Å². The Morgan fingerprint density at radius 3 is 2.27 bits per heavy atom. The summed E-state index contributed by atoms with van der Waals surface area (Å²) in [7, 11) is 0. The highest BCUT2D eigenvalue weighted by Crippen LogP contribution is 2.29. The lowest BCUT2D eigenvalue weighted by molar-refractivity contribution is -0.274. The molecule has 116 valence electrons. The number of benzene rings is 2. The van der Waals surface area contributed by atoms with Crippen molar-refractivity contribution < 1.29 is 32.2 Å². The van der Waals surface area contributed by atoms with Crippen molar-refractivity contribution in [3.05, 3.63) is 53.8 Å². The highest BCUT2D eigenvalue weighted by molar-refractivity contribution is 5.72. The zero-order valence-electron chi connectivity index (χ0n) is 11.0. The van der Waals surface area contributed by atoms with E-state index in [1.165, 1.54) is 30.3 Å². The highest BCUT2D eigenvalue weighted by Gasteiger charge is 2.31. The molecule has 0 aliphatic heterocycles. The van der Waals surface area contributed by atoms with E-state index >= 15 is 0 Å². The molecular formula is C15H10F4O3. The summed E-state index contributed by atoms with van der Waals surface area (Å²) in [4.78, 5) is 10.7. The molecule has 0 spiro atoms. The predicted octanol–water partition coefficient (Wildman–Crippen LogP) is 4.02. The maximum Gasteiger partial charge on any atom is 0.573 e.